The summed E-state index contributed by atoms with van der Waals surface area (Å²) in [6, 6.07) is 3.67. The van der Waals surface area contributed by atoms with E-state index < -0.39 is 0 Å². The first kappa shape index (κ1) is 14.2. The zero-order chi connectivity index (χ0) is 14.7. The third-order valence-corrected chi connectivity index (χ3v) is 3.95. The zero-order valence-electron chi connectivity index (χ0n) is 11.6. The SMILES string of the molecule is OCc1cn(CC2CCN(c3ccc(Cl)nn3)CC2)nn1. The van der Waals surface area contributed by atoms with Gasteiger partial charge in [-0.1, -0.05) is 16.8 Å². The molecule has 8 heteroatoms. The minimum atomic E-state index is -0.0618. The molecule has 0 aromatic carbocycles. The maximum Gasteiger partial charge on any atom is 0.151 e. The van der Waals surface area contributed by atoms with E-state index in [1.807, 2.05) is 10.7 Å². The first-order valence-corrected chi connectivity index (χ1v) is 7.36. The van der Waals surface area contributed by atoms with Gasteiger partial charge in [-0.05, 0) is 30.9 Å². The third kappa shape index (κ3) is 3.48. The van der Waals surface area contributed by atoms with E-state index in [0.29, 0.717) is 16.8 Å². The highest BCUT2D eigenvalue weighted by atomic mass is 35.5. The van der Waals surface area contributed by atoms with Crippen molar-refractivity contribution in [3.63, 3.8) is 0 Å². The summed E-state index contributed by atoms with van der Waals surface area (Å²) in [6.45, 7) is 2.67. The second-order valence-electron chi connectivity index (χ2n) is 5.23. The number of halogens is 1. The minimum Gasteiger partial charge on any atom is -0.390 e. The van der Waals surface area contributed by atoms with Crippen LogP contribution in [0.15, 0.2) is 18.3 Å². The van der Waals surface area contributed by atoms with Gasteiger partial charge < -0.3 is 10.0 Å². The summed E-state index contributed by atoms with van der Waals surface area (Å²) in [5, 5.41) is 25.3. The molecule has 1 aliphatic heterocycles. The number of piperidine rings is 1. The topological polar surface area (TPSA) is 80.0 Å². The molecule has 1 saturated heterocycles. The van der Waals surface area contributed by atoms with Gasteiger partial charge in [0.15, 0.2) is 11.0 Å². The lowest BCUT2D eigenvalue weighted by molar-refractivity contribution is 0.276. The molecule has 0 atom stereocenters. The Morgan fingerprint density at radius 2 is 2.00 bits per heavy atom. The van der Waals surface area contributed by atoms with E-state index in [1.54, 1.807) is 12.3 Å². The molecule has 0 radical (unpaired) electrons. The number of aromatic nitrogens is 5. The number of rotatable bonds is 4. The van der Waals surface area contributed by atoms with Crippen molar-refractivity contribution < 1.29 is 5.11 Å². The van der Waals surface area contributed by atoms with Crippen LogP contribution in [-0.4, -0.2) is 43.4 Å². The smallest absolute Gasteiger partial charge is 0.151 e. The normalized spacial score (nSPS) is 16.4. The van der Waals surface area contributed by atoms with E-state index in [-0.39, 0.29) is 6.61 Å². The highest BCUT2D eigenvalue weighted by Crippen LogP contribution is 2.23. The second-order valence-corrected chi connectivity index (χ2v) is 5.62. The monoisotopic (exact) mass is 308 g/mol. The van der Waals surface area contributed by atoms with Crippen LogP contribution in [0.3, 0.4) is 0 Å². The van der Waals surface area contributed by atoms with Crippen LogP contribution in [0.1, 0.15) is 18.5 Å². The molecule has 0 unspecified atom stereocenters. The van der Waals surface area contributed by atoms with Crippen molar-refractivity contribution >= 4 is 17.4 Å². The van der Waals surface area contributed by atoms with Crippen LogP contribution >= 0.6 is 11.6 Å². The van der Waals surface area contributed by atoms with Gasteiger partial charge in [0.05, 0.1) is 12.8 Å². The summed E-state index contributed by atoms with van der Waals surface area (Å²) in [4.78, 5) is 2.22. The first-order chi connectivity index (χ1) is 10.2. The highest BCUT2D eigenvalue weighted by Gasteiger charge is 2.21. The number of nitrogens with zero attached hydrogens (tertiary/aromatic N) is 6. The van der Waals surface area contributed by atoms with Crippen LogP contribution in [0.25, 0.3) is 0 Å². The summed E-state index contributed by atoms with van der Waals surface area (Å²) in [5.74, 6) is 1.44. The van der Waals surface area contributed by atoms with Crippen molar-refractivity contribution in [2.24, 2.45) is 5.92 Å². The summed E-state index contributed by atoms with van der Waals surface area (Å²) in [6.07, 6.45) is 3.94. The molecule has 7 nitrogen and oxygen atoms in total. The Bertz CT molecular complexity index is 579. The Morgan fingerprint density at radius 1 is 1.19 bits per heavy atom. The molecular weight excluding hydrogens is 292 g/mol. The van der Waals surface area contributed by atoms with Gasteiger partial charge in [0.1, 0.15) is 5.69 Å². The van der Waals surface area contributed by atoms with E-state index in [4.69, 9.17) is 16.7 Å². The van der Waals surface area contributed by atoms with Crippen LogP contribution in [0.4, 0.5) is 5.82 Å². The van der Waals surface area contributed by atoms with Crippen molar-refractivity contribution in [3.8, 4) is 0 Å². The van der Waals surface area contributed by atoms with Gasteiger partial charge in [-0.2, -0.15) is 0 Å². The molecular formula is C13H17ClN6O. The molecule has 0 saturated carbocycles. The van der Waals surface area contributed by atoms with Gasteiger partial charge in [0.25, 0.3) is 0 Å². The molecule has 2 aromatic heterocycles. The Hall–Kier alpha value is -1.73. The van der Waals surface area contributed by atoms with E-state index in [0.717, 1.165) is 38.3 Å². The fraction of sp³-hybridized carbons (Fsp3) is 0.538. The third-order valence-electron chi connectivity index (χ3n) is 3.75. The van der Waals surface area contributed by atoms with Crippen LogP contribution in [0.5, 0.6) is 0 Å². The van der Waals surface area contributed by atoms with E-state index in [1.165, 1.54) is 0 Å². The van der Waals surface area contributed by atoms with E-state index in [2.05, 4.69) is 25.4 Å². The molecule has 2 aromatic rings. The Kier molecular flexibility index (Phi) is 4.31. The molecule has 21 heavy (non-hydrogen) atoms. The quantitative estimate of drug-likeness (QED) is 0.912. The van der Waals surface area contributed by atoms with Gasteiger partial charge in [-0.15, -0.1) is 15.3 Å². The average molecular weight is 309 g/mol. The van der Waals surface area contributed by atoms with Gasteiger partial charge in [0, 0.05) is 19.6 Å². The molecule has 112 valence electrons. The lowest BCUT2D eigenvalue weighted by Gasteiger charge is -2.32. The zero-order valence-corrected chi connectivity index (χ0v) is 12.3. The molecule has 1 aliphatic rings. The Balaban J connectivity index is 1.54. The number of aliphatic hydroxyl groups excluding tert-OH is 1. The second kappa shape index (κ2) is 6.36. The maximum atomic E-state index is 8.99. The minimum absolute atomic E-state index is 0.0618. The van der Waals surface area contributed by atoms with Crippen molar-refractivity contribution in [2.75, 3.05) is 18.0 Å². The molecule has 3 rings (SSSR count). The predicted octanol–water partition coefficient (Wildman–Crippen LogP) is 1.13. The molecule has 1 fully saturated rings. The Labute approximate surface area is 127 Å². The van der Waals surface area contributed by atoms with Crippen LogP contribution < -0.4 is 4.90 Å². The van der Waals surface area contributed by atoms with Gasteiger partial charge in [-0.25, -0.2) is 0 Å². The van der Waals surface area contributed by atoms with Crippen molar-refractivity contribution in [1.82, 2.24) is 25.2 Å². The van der Waals surface area contributed by atoms with Crippen molar-refractivity contribution in [1.29, 1.82) is 0 Å². The number of anilines is 1. The number of aliphatic hydroxyl groups is 1. The lowest BCUT2D eigenvalue weighted by atomic mass is 9.97. The predicted molar refractivity (Wildman–Crippen MR) is 77.9 cm³/mol. The van der Waals surface area contributed by atoms with Crippen LogP contribution in [0, 0.1) is 5.92 Å². The summed E-state index contributed by atoms with van der Waals surface area (Å²) >= 11 is 5.75. The lowest BCUT2D eigenvalue weighted by Crippen LogP contribution is -2.35. The molecule has 0 bridgehead atoms. The van der Waals surface area contributed by atoms with Gasteiger partial charge >= 0.3 is 0 Å². The molecule has 3 heterocycles. The van der Waals surface area contributed by atoms with Gasteiger partial charge in [0.2, 0.25) is 0 Å². The average Bonchev–Trinajstić information content (AvgIpc) is 2.97. The van der Waals surface area contributed by atoms with Crippen molar-refractivity contribution in [3.05, 3.63) is 29.2 Å². The summed E-state index contributed by atoms with van der Waals surface area (Å²) in [5.41, 5.74) is 0.615. The van der Waals surface area contributed by atoms with Crippen molar-refractivity contribution in [2.45, 2.75) is 26.0 Å². The molecule has 0 amide bonds. The molecule has 0 spiro atoms. The van der Waals surface area contributed by atoms with E-state index in [9.17, 15) is 0 Å². The largest absolute Gasteiger partial charge is 0.390 e. The number of hydrogen-bond donors (Lipinski definition) is 1. The molecule has 0 aliphatic carbocycles. The summed E-state index contributed by atoms with van der Waals surface area (Å²) < 4.78 is 1.81. The van der Waals surface area contributed by atoms with Crippen LogP contribution in [-0.2, 0) is 13.2 Å². The van der Waals surface area contributed by atoms with Crippen LogP contribution in [0.2, 0.25) is 5.15 Å². The maximum absolute atomic E-state index is 8.99. The number of hydrogen-bond acceptors (Lipinski definition) is 6. The standard InChI is InChI=1S/C13H17ClN6O/c14-12-1-2-13(17-16-12)19-5-3-10(4-6-19)7-20-8-11(9-21)15-18-20/h1-2,8,10,21H,3-7,9H2. The van der Waals surface area contributed by atoms with Gasteiger partial charge in [-0.3, -0.25) is 4.68 Å². The highest BCUT2D eigenvalue weighted by molar-refractivity contribution is 6.29. The molecule has 1 N–H and O–H groups in total. The Morgan fingerprint density at radius 3 is 2.62 bits per heavy atom. The summed E-state index contributed by atoms with van der Waals surface area (Å²) in [7, 11) is 0. The fourth-order valence-corrected chi connectivity index (χ4v) is 2.69. The fourth-order valence-electron chi connectivity index (χ4n) is 2.59. The van der Waals surface area contributed by atoms with E-state index >= 15 is 0 Å². The first-order valence-electron chi connectivity index (χ1n) is 6.98.